The molecule has 2 rings (SSSR count). The molecule has 0 bridgehead atoms. The summed E-state index contributed by atoms with van der Waals surface area (Å²) < 4.78 is 5.10. The lowest BCUT2D eigenvalue weighted by Gasteiger charge is -2.27. The summed E-state index contributed by atoms with van der Waals surface area (Å²) in [5.74, 6) is 0.925. The zero-order valence-corrected chi connectivity index (χ0v) is 14.3. The lowest BCUT2D eigenvalue weighted by Crippen LogP contribution is -2.44. The van der Waals surface area contributed by atoms with Gasteiger partial charge in [-0.1, -0.05) is 5.16 Å². The van der Waals surface area contributed by atoms with Crippen molar-refractivity contribution in [2.45, 2.75) is 33.1 Å². The van der Waals surface area contributed by atoms with Crippen molar-refractivity contribution in [1.82, 2.24) is 20.7 Å². The highest BCUT2D eigenvalue weighted by atomic mass is 35.5. The second-order valence-corrected chi connectivity index (χ2v) is 5.60. The van der Waals surface area contributed by atoms with Gasteiger partial charge < -0.3 is 20.1 Å². The largest absolute Gasteiger partial charge is 0.361 e. The van der Waals surface area contributed by atoms with E-state index in [1.54, 1.807) is 0 Å². The van der Waals surface area contributed by atoms with E-state index < -0.39 is 0 Å². The van der Waals surface area contributed by atoms with Crippen LogP contribution >= 0.6 is 12.4 Å². The van der Waals surface area contributed by atoms with Crippen molar-refractivity contribution in [3.05, 3.63) is 17.0 Å². The lowest BCUT2D eigenvalue weighted by atomic mass is 10.1. The summed E-state index contributed by atoms with van der Waals surface area (Å²) >= 11 is 0. The second-order valence-electron chi connectivity index (χ2n) is 5.60. The van der Waals surface area contributed by atoms with E-state index in [0.717, 1.165) is 62.7 Å². The first-order chi connectivity index (χ1) is 10.2. The van der Waals surface area contributed by atoms with E-state index in [1.165, 1.54) is 0 Å². The molecule has 1 aromatic rings. The van der Waals surface area contributed by atoms with Crippen molar-refractivity contribution in [1.29, 1.82) is 0 Å². The van der Waals surface area contributed by atoms with Gasteiger partial charge in [0, 0.05) is 44.7 Å². The van der Waals surface area contributed by atoms with Gasteiger partial charge in [-0.25, -0.2) is 0 Å². The van der Waals surface area contributed by atoms with E-state index in [1.807, 2.05) is 13.8 Å². The van der Waals surface area contributed by atoms with Gasteiger partial charge >= 0.3 is 0 Å². The number of aromatic nitrogens is 1. The molecule has 1 fully saturated rings. The molecule has 2 heterocycles. The average Bonchev–Trinajstić information content (AvgIpc) is 2.81. The van der Waals surface area contributed by atoms with Crippen LogP contribution in [0.4, 0.5) is 0 Å². The van der Waals surface area contributed by atoms with Gasteiger partial charge in [0.25, 0.3) is 0 Å². The maximum absolute atomic E-state index is 11.8. The topological polar surface area (TPSA) is 70.4 Å². The molecule has 0 atom stereocenters. The van der Waals surface area contributed by atoms with E-state index >= 15 is 0 Å². The Balaban J connectivity index is 0.00000242. The number of amides is 1. The summed E-state index contributed by atoms with van der Waals surface area (Å²) in [6.07, 6.45) is 2.21. The Morgan fingerprint density at radius 2 is 2.09 bits per heavy atom. The van der Waals surface area contributed by atoms with Crippen LogP contribution in [-0.2, 0) is 11.2 Å². The van der Waals surface area contributed by atoms with E-state index in [9.17, 15) is 4.79 Å². The Labute approximate surface area is 138 Å². The molecule has 126 valence electrons. The molecule has 0 saturated carbocycles. The normalized spacial score (nSPS) is 15.4. The fraction of sp³-hybridized carbons (Fsp3) is 0.733. The predicted octanol–water partition coefficient (Wildman–Crippen LogP) is 1.06. The number of piperazine rings is 1. The van der Waals surface area contributed by atoms with Crippen LogP contribution in [0.25, 0.3) is 0 Å². The van der Waals surface area contributed by atoms with Crippen LogP contribution in [0.15, 0.2) is 4.52 Å². The first kappa shape index (κ1) is 18.9. The molecule has 0 spiro atoms. The number of hydrogen-bond acceptors (Lipinski definition) is 5. The molecule has 0 radical (unpaired) electrons. The third-order valence-corrected chi connectivity index (χ3v) is 3.97. The summed E-state index contributed by atoms with van der Waals surface area (Å²) in [7, 11) is 0. The van der Waals surface area contributed by atoms with Gasteiger partial charge in [0.2, 0.25) is 5.91 Å². The first-order valence-corrected chi connectivity index (χ1v) is 7.78. The van der Waals surface area contributed by atoms with E-state index in [4.69, 9.17) is 4.52 Å². The summed E-state index contributed by atoms with van der Waals surface area (Å²) in [5.41, 5.74) is 1.95. The number of hydrogen-bond donors (Lipinski definition) is 2. The van der Waals surface area contributed by atoms with Crippen LogP contribution in [0, 0.1) is 13.8 Å². The molecule has 1 saturated heterocycles. The van der Waals surface area contributed by atoms with Crippen LogP contribution in [0.2, 0.25) is 0 Å². The van der Waals surface area contributed by atoms with E-state index in [0.29, 0.717) is 12.8 Å². The van der Waals surface area contributed by atoms with Crippen molar-refractivity contribution in [2.24, 2.45) is 0 Å². The fourth-order valence-corrected chi connectivity index (χ4v) is 2.65. The van der Waals surface area contributed by atoms with Crippen molar-refractivity contribution in [3.8, 4) is 0 Å². The maximum Gasteiger partial charge on any atom is 0.220 e. The van der Waals surface area contributed by atoms with E-state index in [-0.39, 0.29) is 18.3 Å². The van der Waals surface area contributed by atoms with Crippen molar-refractivity contribution in [3.63, 3.8) is 0 Å². The van der Waals surface area contributed by atoms with Crippen LogP contribution < -0.4 is 10.6 Å². The summed E-state index contributed by atoms with van der Waals surface area (Å²) in [6.45, 7) is 9.99. The Morgan fingerprint density at radius 1 is 1.36 bits per heavy atom. The molecule has 6 nitrogen and oxygen atoms in total. The van der Waals surface area contributed by atoms with Gasteiger partial charge in [0.1, 0.15) is 5.76 Å². The highest BCUT2D eigenvalue weighted by Crippen LogP contribution is 2.14. The molecular weight excluding hydrogens is 304 g/mol. The minimum atomic E-state index is 0. The highest BCUT2D eigenvalue weighted by molar-refractivity contribution is 5.85. The summed E-state index contributed by atoms with van der Waals surface area (Å²) in [6, 6.07) is 0. The van der Waals surface area contributed by atoms with Crippen LogP contribution in [-0.4, -0.2) is 55.2 Å². The van der Waals surface area contributed by atoms with Gasteiger partial charge in [-0.2, -0.15) is 0 Å². The molecule has 1 aliphatic heterocycles. The summed E-state index contributed by atoms with van der Waals surface area (Å²) in [5, 5.41) is 10.2. The molecule has 2 N–H and O–H groups in total. The third kappa shape index (κ3) is 5.94. The maximum atomic E-state index is 11.8. The zero-order valence-electron chi connectivity index (χ0n) is 13.5. The van der Waals surface area contributed by atoms with Crippen LogP contribution in [0.5, 0.6) is 0 Å². The van der Waals surface area contributed by atoms with Gasteiger partial charge in [0.15, 0.2) is 0 Å². The highest BCUT2D eigenvalue weighted by Gasteiger charge is 2.11. The number of halogens is 1. The number of rotatable bonds is 7. The number of nitrogens with one attached hydrogen (secondary N) is 2. The number of carbonyl (C=O) groups excluding carboxylic acids is 1. The summed E-state index contributed by atoms with van der Waals surface area (Å²) in [4.78, 5) is 14.3. The number of nitrogens with zero attached hydrogens (tertiary/aromatic N) is 2. The minimum absolute atomic E-state index is 0. The zero-order chi connectivity index (χ0) is 15.1. The van der Waals surface area contributed by atoms with Crippen LogP contribution in [0.3, 0.4) is 0 Å². The van der Waals surface area contributed by atoms with Gasteiger partial charge in [0.05, 0.1) is 5.69 Å². The molecule has 7 heteroatoms. The Bertz CT molecular complexity index is 439. The molecule has 0 unspecified atom stereocenters. The van der Waals surface area contributed by atoms with Crippen molar-refractivity contribution < 1.29 is 9.32 Å². The monoisotopic (exact) mass is 330 g/mol. The average molecular weight is 331 g/mol. The fourth-order valence-electron chi connectivity index (χ4n) is 2.65. The molecule has 1 aromatic heterocycles. The molecule has 22 heavy (non-hydrogen) atoms. The molecule has 0 aromatic carbocycles. The van der Waals surface area contributed by atoms with Crippen molar-refractivity contribution in [2.75, 3.05) is 39.3 Å². The van der Waals surface area contributed by atoms with Crippen molar-refractivity contribution >= 4 is 18.3 Å². The molecule has 0 aliphatic carbocycles. The Morgan fingerprint density at radius 3 is 2.73 bits per heavy atom. The first-order valence-electron chi connectivity index (χ1n) is 7.78. The van der Waals surface area contributed by atoms with Gasteiger partial charge in [-0.15, -0.1) is 12.4 Å². The third-order valence-electron chi connectivity index (χ3n) is 3.97. The number of aryl methyl sites for hydroxylation is 2. The Hall–Kier alpha value is -1.11. The smallest absolute Gasteiger partial charge is 0.220 e. The predicted molar refractivity (Wildman–Crippen MR) is 88.5 cm³/mol. The van der Waals surface area contributed by atoms with Crippen LogP contribution in [0.1, 0.15) is 29.9 Å². The minimum Gasteiger partial charge on any atom is -0.361 e. The SMILES string of the molecule is Cc1noc(C)c1CCC(=O)NCCCN1CCNCC1.Cl. The molecule has 1 amide bonds. The van der Waals surface area contributed by atoms with E-state index in [2.05, 4.69) is 20.7 Å². The van der Waals surface area contributed by atoms with Gasteiger partial charge in [-0.3, -0.25) is 4.79 Å². The lowest BCUT2D eigenvalue weighted by molar-refractivity contribution is -0.121. The second kappa shape index (κ2) is 9.82. The quantitative estimate of drug-likeness (QED) is 0.731. The standard InChI is InChI=1S/C15H26N4O2.ClH/c1-12-14(13(2)21-18-12)4-5-15(20)17-6-3-9-19-10-7-16-8-11-19;/h16H,3-11H2,1-2H3,(H,17,20);1H. The molecular formula is C15H27ClN4O2. The number of carbonyl (C=O) groups is 1. The van der Waals surface area contributed by atoms with Gasteiger partial charge in [-0.05, 0) is 33.2 Å². The molecule has 1 aliphatic rings. The Kier molecular flexibility index (Phi) is 8.45.